The number of nitrogens with zero attached hydrogens (tertiary/aromatic N) is 1. The predicted octanol–water partition coefficient (Wildman–Crippen LogP) is 1.03. The number of alkyl halides is 1. The third kappa shape index (κ3) is 3.24. The number of rotatable bonds is 0. The first-order valence-electron chi connectivity index (χ1n) is 3.27. The van der Waals surface area contributed by atoms with Gasteiger partial charge in [-0.1, -0.05) is 22.6 Å². The molecule has 0 aromatic carbocycles. The Hall–Kier alpha value is 0. The highest BCUT2D eigenvalue weighted by Gasteiger charge is 2.10. The zero-order valence-corrected chi connectivity index (χ0v) is 8.39. The maximum absolute atomic E-state index is 7.00. The number of halogens is 1. The summed E-state index contributed by atoms with van der Waals surface area (Å²) in [6.07, 6.45) is 2.39. The van der Waals surface area contributed by atoms with Gasteiger partial charge in [0.05, 0.1) is 0 Å². The SMILES string of the molecule is CI.N=C(N)N1CCCC1. The van der Waals surface area contributed by atoms with E-state index in [0.717, 1.165) is 13.1 Å². The van der Waals surface area contributed by atoms with Crippen molar-refractivity contribution in [3.63, 3.8) is 0 Å². The molecule has 0 radical (unpaired) electrons. The quantitative estimate of drug-likeness (QED) is 0.294. The molecule has 4 heteroatoms. The second-order valence-electron chi connectivity index (χ2n) is 2.08. The number of hydrogen-bond acceptors (Lipinski definition) is 1. The molecule has 60 valence electrons. The molecule has 1 aliphatic heterocycles. The molecule has 10 heavy (non-hydrogen) atoms. The summed E-state index contributed by atoms with van der Waals surface area (Å²) in [5.74, 6) is 0.225. The number of nitrogens with one attached hydrogen (secondary N) is 1. The van der Waals surface area contributed by atoms with E-state index in [4.69, 9.17) is 11.1 Å². The van der Waals surface area contributed by atoms with E-state index in [0.29, 0.717) is 0 Å². The van der Waals surface area contributed by atoms with E-state index in [9.17, 15) is 0 Å². The summed E-state index contributed by atoms with van der Waals surface area (Å²) in [5.41, 5.74) is 5.21. The minimum Gasteiger partial charge on any atom is -0.370 e. The van der Waals surface area contributed by atoms with Gasteiger partial charge in [0.2, 0.25) is 0 Å². The van der Waals surface area contributed by atoms with Gasteiger partial charge in [0.15, 0.2) is 5.96 Å². The van der Waals surface area contributed by atoms with Gasteiger partial charge in [-0.2, -0.15) is 0 Å². The molecule has 1 fully saturated rings. The van der Waals surface area contributed by atoms with E-state index in [-0.39, 0.29) is 5.96 Å². The van der Waals surface area contributed by atoms with Gasteiger partial charge in [0.25, 0.3) is 0 Å². The molecule has 0 atom stereocenters. The van der Waals surface area contributed by atoms with Crippen LogP contribution in [0.3, 0.4) is 0 Å². The van der Waals surface area contributed by atoms with Crippen molar-refractivity contribution < 1.29 is 0 Å². The van der Waals surface area contributed by atoms with E-state index in [2.05, 4.69) is 22.6 Å². The molecule has 0 aliphatic carbocycles. The molecule has 1 aliphatic rings. The topological polar surface area (TPSA) is 53.1 Å². The summed E-state index contributed by atoms with van der Waals surface area (Å²) in [5, 5.41) is 7.00. The van der Waals surface area contributed by atoms with Crippen LogP contribution in [0.25, 0.3) is 0 Å². The zero-order valence-electron chi connectivity index (χ0n) is 6.23. The summed E-state index contributed by atoms with van der Waals surface area (Å²) in [6, 6.07) is 0. The van der Waals surface area contributed by atoms with Crippen LogP contribution in [0.2, 0.25) is 0 Å². The summed E-state index contributed by atoms with van der Waals surface area (Å²) in [4.78, 5) is 3.86. The van der Waals surface area contributed by atoms with E-state index in [1.54, 1.807) is 0 Å². The monoisotopic (exact) mass is 255 g/mol. The zero-order chi connectivity index (χ0) is 7.98. The van der Waals surface area contributed by atoms with Crippen LogP contribution in [0.4, 0.5) is 0 Å². The molecule has 1 heterocycles. The minimum atomic E-state index is 0.225. The van der Waals surface area contributed by atoms with E-state index < -0.39 is 0 Å². The maximum Gasteiger partial charge on any atom is 0.188 e. The normalized spacial score (nSPS) is 16.0. The van der Waals surface area contributed by atoms with Crippen molar-refractivity contribution >= 4 is 28.6 Å². The number of likely N-dealkylation sites (tertiary alicyclic amines) is 1. The molecule has 3 nitrogen and oxygen atoms in total. The lowest BCUT2D eigenvalue weighted by atomic mass is 10.4. The average molecular weight is 255 g/mol. The Labute approximate surface area is 75.6 Å². The van der Waals surface area contributed by atoms with Crippen LogP contribution < -0.4 is 5.73 Å². The van der Waals surface area contributed by atoms with Crippen LogP contribution in [0.1, 0.15) is 12.8 Å². The Morgan fingerprint density at radius 2 is 1.80 bits per heavy atom. The Bertz CT molecular complexity index is 99.2. The van der Waals surface area contributed by atoms with Crippen LogP contribution in [-0.2, 0) is 0 Å². The summed E-state index contributed by atoms with van der Waals surface area (Å²) >= 11 is 2.15. The molecule has 0 unspecified atom stereocenters. The Morgan fingerprint density at radius 1 is 1.40 bits per heavy atom. The largest absolute Gasteiger partial charge is 0.370 e. The van der Waals surface area contributed by atoms with Gasteiger partial charge in [-0.3, -0.25) is 5.41 Å². The van der Waals surface area contributed by atoms with E-state index >= 15 is 0 Å². The van der Waals surface area contributed by atoms with E-state index in [1.807, 2.05) is 9.83 Å². The molecule has 0 aromatic heterocycles. The second-order valence-corrected chi connectivity index (χ2v) is 2.08. The molecule has 0 bridgehead atoms. The Kier molecular flexibility index (Phi) is 5.76. The Balaban J connectivity index is 0.000000371. The van der Waals surface area contributed by atoms with Gasteiger partial charge in [0.1, 0.15) is 0 Å². The smallest absolute Gasteiger partial charge is 0.188 e. The van der Waals surface area contributed by atoms with Gasteiger partial charge < -0.3 is 10.6 Å². The number of hydrogen-bond donors (Lipinski definition) is 2. The molecular weight excluding hydrogens is 241 g/mol. The van der Waals surface area contributed by atoms with Gasteiger partial charge in [-0.05, 0) is 17.8 Å². The third-order valence-corrected chi connectivity index (χ3v) is 1.45. The number of guanidine groups is 1. The van der Waals surface area contributed by atoms with Crippen molar-refractivity contribution in [1.82, 2.24) is 4.90 Å². The van der Waals surface area contributed by atoms with Gasteiger partial charge >= 0.3 is 0 Å². The second kappa shape index (κ2) is 5.76. The molecule has 0 spiro atoms. The predicted molar refractivity (Wildman–Crippen MR) is 52.7 cm³/mol. The first kappa shape index (κ1) is 10.0. The third-order valence-electron chi connectivity index (χ3n) is 1.45. The lowest BCUT2D eigenvalue weighted by Gasteiger charge is -2.12. The highest BCUT2D eigenvalue weighted by atomic mass is 127. The number of nitrogens with two attached hydrogens (primary N) is 1. The highest BCUT2D eigenvalue weighted by molar-refractivity contribution is 14.1. The van der Waals surface area contributed by atoms with Crippen molar-refractivity contribution in [2.75, 3.05) is 18.0 Å². The molecule has 1 rings (SSSR count). The van der Waals surface area contributed by atoms with Gasteiger partial charge in [-0.15, -0.1) is 0 Å². The summed E-state index contributed by atoms with van der Waals surface area (Å²) < 4.78 is 0. The highest BCUT2D eigenvalue weighted by Crippen LogP contribution is 2.04. The van der Waals surface area contributed by atoms with Crippen molar-refractivity contribution in [1.29, 1.82) is 5.41 Å². The van der Waals surface area contributed by atoms with Crippen LogP contribution >= 0.6 is 22.6 Å². The molecule has 0 saturated carbocycles. The van der Waals surface area contributed by atoms with Crippen LogP contribution in [-0.4, -0.2) is 28.9 Å². The van der Waals surface area contributed by atoms with Crippen LogP contribution in [0.15, 0.2) is 0 Å². The summed E-state index contributed by atoms with van der Waals surface area (Å²) in [7, 11) is 0. The van der Waals surface area contributed by atoms with Crippen LogP contribution in [0.5, 0.6) is 0 Å². The molecule has 1 saturated heterocycles. The first-order chi connectivity index (χ1) is 4.80. The van der Waals surface area contributed by atoms with Crippen LogP contribution in [0, 0.1) is 5.41 Å². The van der Waals surface area contributed by atoms with Crippen molar-refractivity contribution in [3.8, 4) is 0 Å². The fraction of sp³-hybridized carbons (Fsp3) is 0.833. The fourth-order valence-corrected chi connectivity index (χ4v) is 0.958. The molecule has 3 N–H and O–H groups in total. The summed E-state index contributed by atoms with van der Waals surface area (Å²) in [6.45, 7) is 1.96. The molecular formula is C6H14IN3. The lowest BCUT2D eigenvalue weighted by molar-refractivity contribution is 0.509. The van der Waals surface area contributed by atoms with Crippen molar-refractivity contribution in [2.45, 2.75) is 12.8 Å². The lowest BCUT2D eigenvalue weighted by Crippen LogP contribution is -2.33. The standard InChI is InChI=1S/C5H11N3.CH3I/c6-5(7)8-3-1-2-4-8;1-2/h1-4H2,(H3,6,7);1H3. The van der Waals surface area contributed by atoms with Crippen molar-refractivity contribution in [2.24, 2.45) is 5.73 Å². The van der Waals surface area contributed by atoms with Crippen molar-refractivity contribution in [3.05, 3.63) is 0 Å². The average Bonchev–Trinajstić information content (AvgIpc) is 2.42. The van der Waals surface area contributed by atoms with Gasteiger partial charge in [0, 0.05) is 13.1 Å². The first-order valence-corrected chi connectivity index (χ1v) is 5.43. The minimum absolute atomic E-state index is 0.225. The maximum atomic E-state index is 7.00. The van der Waals surface area contributed by atoms with E-state index in [1.165, 1.54) is 12.8 Å². The van der Waals surface area contributed by atoms with Gasteiger partial charge in [-0.25, -0.2) is 0 Å². The molecule has 0 amide bonds. The molecule has 0 aromatic rings. The fourth-order valence-electron chi connectivity index (χ4n) is 0.958. The Morgan fingerprint density at radius 3 is 2.00 bits per heavy atom.